The summed E-state index contributed by atoms with van der Waals surface area (Å²) in [6, 6.07) is 7.92. The lowest BCUT2D eigenvalue weighted by molar-refractivity contribution is -0.0979. The van der Waals surface area contributed by atoms with E-state index in [1.807, 2.05) is 6.79 Å². The van der Waals surface area contributed by atoms with E-state index in [-0.39, 0.29) is 11.4 Å². The minimum atomic E-state index is -0.309. The van der Waals surface area contributed by atoms with Crippen molar-refractivity contribution in [2.24, 2.45) is 0 Å². The van der Waals surface area contributed by atoms with Crippen LogP contribution in [0.5, 0.6) is 0 Å². The van der Waals surface area contributed by atoms with Gasteiger partial charge in [-0.25, -0.2) is 9.37 Å². The molecule has 7 nitrogen and oxygen atoms in total. The molecule has 2 N–H and O–H groups in total. The van der Waals surface area contributed by atoms with Crippen molar-refractivity contribution in [3.63, 3.8) is 0 Å². The lowest BCUT2D eigenvalue weighted by Crippen LogP contribution is -2.51. The van der Waals surface area contributed by atoms with Crippen molar-refractivity contribution >= 4 is 29.2 Å². The van der Waals surface area contributed by atoms with E-state index >= 15 is 0 Å². The zero-order valence-electron chi connectivity index (χ0n) is 19.2. The molecule has 8 heteroatoms. The van der Waals surface area contributed by atoms with Crippen LogP contribution in [0.25, 0.3) is 10.9 Å². The summed E-state index contributed by atoms with van der Waals surface area (Å²) < 4.78 is 13.2. The summed E-state index contributed by atoms with van der Waals surface area (Å²) in [5, 5.41) is 4.59. The van der Waals surface area contributed by atoms with Gasteiger partial charge in [-0.15, -0.1) is 0 Å². The highest BCUT2D eigenvalue weighted by atomic mass is 19.1. The number of piperazine rings is 1. The van der Waals surface area contributed by atoms with E-state index in [0.717, 1.165) is 73.5 Å². The smallest absolute Gasteiger partial charge is 0.253 e. The number of pyridine rings is 2. The molecular formula is C25H30FN5O2. The minimum absolute atomic E-state index is 0.0278. The van der Waals surface area contributed by atoms with E-state index in [1.54, 1.807) is 6.07 Å². The first kappa shape index (κ1) is 22.9. The van der Waals surface area contributed by atoms with Crippen LogP contribution in [-0.4, -0.2) is 53.9 Å². The number of anilines is 2. The highest BCUT2D eigenvalue weighted by Gasteiger charge is 2.25. The molecule has 0 radical (unpaired) electrons. The molecule has 1 saturated heterocycles. The van der Waals surface area contributed by atoms with Crippen molar-refractivity contribution in [3.05, 3.63) is 63.3 Å². The van der Waals surface area contributed by atoms with Crippen LogP contribution in [-0.2, 0) is 17.8 Å². The van der Waals surface area contributed by atoms with Gasteiger partial charge in [-0.05, 0) is 56.0 Å². The summed E-state index contributed by atoms with van der Waals surface area (Å²) in [6.07, 6.45) is 3.11. The van der Waals surface area contributed by atoms with Crippen LogP contribution >= 0.6 is 0 Å². The summed E-state index contributed by atoms with van der Waals surface area (Å²) in [6.45, 7) is 10.7. The Bertz CT molecular complexity index is 1190. The summed E-state index contributed by atoms with van der Waals surface area (Å²) in [5.74, 6) is 0.515. The number of carbonyl (C=O) groups excluding carboxylic acids is 1. The maximum atomic E-state index is 13.2. The van der Waals surface area contributed by atoms with Crippen molar-refractivity contribution in [1.29, 1.82) is 0 Å². The normalized spacial score (nSPS) is 18.3. The Labute approximate surface area is 192 Å². The van der Waals surface area contributed by atoms with Crippen LogP contribution in [0.3, 0.4) is 0 Å². The predicted octanol–water partition coefficient (Wildman–Crippen LogP) is 3.25. The molecule has 33 heavy (non-hydrogen) atoms. The second-order valence-electron chi connectivity index (χ2n) is 8.77. The van der Waals surface area contributed by atoms with Crippen molar-refractivity contribution < 1.29 is 9.18 Å². The van der Waals surface area contributed by atoms with E-state index in [4.69, 9.17) is 4.79 Å². The average molecular weight is 452 g/mol. The van der Waals surface area contributed by atoms with Gasteiger partial charge in [0.25, 0.3) is 5.56 Å². The zero-order valence-corrected chi connectivity index (χ0v) is 19.2. The molecule has 3 aromatic rings. The Morgan fingerprint density at radius 3 is 2.79 bits per heavy atom. The highest BCUT2D eigenvalue weighted by molar-refractivity contribution is 5.96. The van der Waals surface area contributed by atoms with Gasteiger partial charge in [0.2, 0.25) is 0 Å². The van der Waals surface area contributed by atoms with Crippen LogP contribution in [0.4, 0.5) is 15.9 Å². The monoisotopic (exact) mass is 451 g/mol. The largest absolute Gasteiger partial charge is 0.384 e. The molecule has 4 heterocycles. The standard InChI is InChI=1S/C24H28FN5O.CH2O/c1-15-10-17(11-20-22(15)23-19(24(31)28-20)4-3-7-26-23)14-29-8-9-30(13-16(29)2)21-6-5-18(25)12-27-21;1-2/h5-6,10-12,16,26H,3-4,7-9,13-14H2,1-2H3,(H,28,31);1H2. The van der Waals surface area contributed by atoms with Gasteiger partial charge in [-0.3, -0.25) is 9.69 Å². The SMILES string of the molecule is C=O.Cc1cc(CN2CCN(c3ccc(F)cn3)CC2C)cc2[nH]c(=O)c3c(c12)NCCC3. The van der Waals surface area contributed by atoms with Crippen molar-refractivity contribution in [2.75, 3.05) is 36.4 Å². The quantitative estimate of drug-likeness (QED) is 0.636. The fourth-order valence-corrected chi connectivity index (χ4v) is 4.99. The summed E-state index contributed by atoms with van der Waals surface area (Å²) in [5.41, 5.74) is 5.24. The Hall–Kier alpha value is -3.26. The number of fused-ring (bicyclic) bond motifs is 3. The van der Waals surface area contributed by atoms with Crippen LogP contribution < -0.4 is 15.8 Å². The average Bonchev–Trinajstić information content (AvgIpc) is 2.82. The first-order chi connectivity index (χ1) is 16.0. The maximum Gasteiger partial charge on any atom is 0.253 e. The molecule has 5 rings (SSSR count). The maximum absolute atomic E-state index is 13.2. The van der Waals surface area contributed by atoms with Gasteiger partial charge in [-0.2, -0.15) is 0 Å². The summed E-state index contributed by atoms with van der Waals surface area (Å²) in [4.78, 5) is 32.6. The van der Waals surface area contributed by atoms with Gasteiger partial charge in [-0.1, -0.05) is 6.07 Å². The Morgan fingerprint density at radius 2 is 2.06 bits per heavy atom. The minimum Gasteiger partial charge on any atom is -0.384 e. The van der Waals surface area contributed by atoms with Crippen molar-refractivity contribution in [3.8, 4) is 0 Å². The topological polar surface area (TPSA) is 81.3 Å². The fraction of sp³-hybridized carbons (Fsp3) is 0.400. The Morgan fingerprint density at radius 1 is 1.24 bits per heavy atom. The molecule has 0 amide bonds. The van der Waals surface area contributed by atoms with Crippen molar-refractivity contribution in [2.45, 2.75) is 39.3 Å². The van der Waals surface area contributed by atoms with Gasteiger partial charge in [0, 0.05) is 49.7 Å². The number of nitrogens with zero attached hydrogens (tertiary/aromatic N) is 3. The van der Waals surface area contributed by atoms with E-state index in [2.05, 4.69) is 51.1 Å². The van der Waals surface area contributed by atoms with Crippen LogP contribution in [0.1, 0.15) is 30.0 Å². The molecule has 1 fully saturated rings. The molecule has 1 unspecified atom stereocenters. The number of rotatable bonds is 3. The summed E-state index contributed by atoms with van der Waals surface area (Å²) in [7, 11) is 0. The van der Waals surface area contributed by atoms with Gasteiger partial charge in [0.15, 0.2) is 0 Å². The van der Waals surface area contributed by atoms with Crippen molar-refractivity contribution in [1.82, 2.24) is 14.9 Å². The lowest BCUT2D eigenvalue weighted by atomic mass is 9.97. The molecule has 1 atom stereocenters. The fourth-order valence-electron chi connectivity index (χ4n) is 4.99. The molecular weight excluding hydrogens is 421 g/mol. The Balaban J connectivity index is 0.00000126. The number of aromatic amines is 1. The molecule has 2 aliphatic heterocycles. The van der Waals surface area contributed by atoms with E-state index in [0.29, 0.717) is 6.04 Å². The van der Waals surface area contributed by atoms with Crippen LogP contribution in [0.2, 0.25) is 0 Å². The first-order valence-corrected chi connectivity index (χ1v) is 11.3. The third-order valence-corrected chi connectivity index (χ3v) is 6.56. The number of hydrogen-bond donors (Lipinski definition) is 2. The number of carbonyl (C=O) groups is 1. The van der Waals surface area contributed by atoms with Crippen LogP contribution in [0, 0.1) is 12.7 Å². The van der Waals surface area contributed by atoms with Gasteiger partial charge in [0.1, 0.15) is 18.4 Å². The molecule has 2 aliphatic rings. The highest BCUT2D eigenvalue weighted by Crippen LogP contribution is 2.31. The van der Waals surface area contributed by atoms with Gasteiger partial charge >= 0.3 is 0 Å². The molecule has 0 saturated carbocycles. The van der Waals surface area contributed by atoms with Gasteiger partial charge < -0.3 is 20.0 Å². The lowest BCUT2D eigenvalue weighted by Gasteiger charge is -2.40. The number of aromatic nitrogens is 2. The molecule has 1 aromatic carbocycles. The third kappa shape index (κ3) is 4.61. The first-order valence-electron chi connectivity index (χ1n) is 11.3. The molecule has 2 aromatic heterocycles. The van der Waals surface area contributed by atoms with E-state index < -0.39 is 0 Å². The number of benzene rings is 1. The van der Waals surface area contributed by atoms with Gasteiger partial charge in [0.05, 0.1) is 17.4 Å². The number of hydrogen-bond acceptors (Lipinski definition) is 6. The number of aryl methyl sites for hydroxylation is 1. The molecule has 174 valence electrons. The zero-order chi connectivity index (χ0) is 23.5. The van der Waals surface area contributed by atoms with E-state index in [1.165, 1.54) is 23.4 Å². The number of H-pyrrole nitrogens is 1. The molecule has 0 spiro atoms. The Kier molecular flexibility index (Phi) is 6.74. The number of nitrogens with one attached hydrogen (secondary N) is 2. The molecule has 0 aliphatic carbocycles. The molecule has 0 bridgehead atoms. The van der Waals surface area contributed by atoms with Crippen LogP contribution in [0.15, 0.2) is 35.3 Å². The number of halogens is 1. The second-order valence-corrected chi connectivity index (χ2v) is 8.77. The predicted molar refractivity (Wildman–Crippen MR) is 130 cm³/mol. The van der Waals surface area contributed by atoms with E-state index in [9.17, 15) is 9.18 Å². The second kappa shape index (κ2) is 9.70. The summed E-state index contributed by atoms with van der Waals surface area (Å²) >= 11 is 0. The third-order valence-electron chi connectivity index (χ3n) is 6.56.